The Kier molecular flexibility index (Phi) is 3.57. The SMILES string of the molecule is CC1CN(CC(C)(C)C)S(=O)(=O)c2ncccc2O1. The summed E-state index contributed by atoms with van der Waals surface area (Å²) >= 11 is 0. The summed E-state index contributed by atoms with van der Waals surface area (Å²) < 4.78 is 32.4. The Bertz CT molecular complexity index is 563. The van der Waals surface area contributed by atoms with E-state index in [2.05, 4.69) is 4.98 Å². The van der Waals surface area contributed by atoms with Gasteiger partial charge in [-0.05, 0) is 24.5 Å². The van der Waals surface area contributed by atoms with Crippen LogP contribution in [0.15, 0.2) is 23.4 Å². The molecular weight excluding hydrogens is 264 g/mol. The number of pyridine rings is 1. The van der Waals surface area contributed by atoms with Crippen LogP contribution in [0.5, 0.6) is 5.75 Å². The quantitative estimate of drug-likeness (QED) is 0.790. The first kappa shape index (κ1) is 14.3. The normalized spacial score (nSPS) is 23.3. The number of sulfonamides is 1. The lowest BCUT2D eigenvalue weighted by molar-refractivity contribution is 0.174. The van der Waals surface area contributed by atoms with Gasteiger partial charge in [-0.25, -0.2) is 13.4 Å². The van der Waals surface area contributed by atoms with Gasteiger partial charge in [0.25, 0.3) is 10.0 Å². The van der Waals surface area contributed by atoms with Crippen molar-refractivity contribution in [3.8, 4) is 5.75 Å². The van der Waals surface area contributed by atoms with Crippen LogP contribution in [-0.2, 0) is 10.0 Å². The first-order chi connectivity index (χ1) is 8.70. The minimum atomic E-state index is -3.59. The van der Waals surface area contributed by atoms with Gasteiger partial charge in [0, 0.05) is 12.7 Å². The zero-order chi connectivity index (χ0) is 14.3. The zero-order valence-electron chi connectivity index (χ0n) is 11.8. The van der Waals surface area contributed by atoms with Gasteiger partial charge in [-0.2, -0.15) is 4.31 Å². The second kappa shape index (κ2) is 4.76. The van der Waals surface area contributed by atoms with E-state index in [4.69, 9.17) is 4.74 Å². The second-order valence-corrected chi connectivity index (χ2v) is 7.95. The Morgan fingerprint density at radius 1 is 1.47 bits per heavy atom. The Morgan fingerprint density at radius 2 is 2.16 bits per heavy atom. The van der Waals surface area contributed by atoms with Gasteiger partial charge >= 0.3 is 0 Å². The molecular formula is C13H20N2O3S. The molecule has 0 spiro atoms. The van der Waals surface area contributed by atoms with E-state index in [0.717, 1.165) is 0 Å². The minimum Gasteiger partial charge on any atom is -0.486 e. The van der Waals surface area contributed by atoms with E-state index >= 15 is 0 Å². The highest BCUT2D eigenvalue weighted by Crippen LogP contribution is 2.30. The Hall–Kier alpha value is -1.14. The molecule has 0 bridgehead atoms. The van der Waals surface area contributed by atoms with Crippen LogP contribution >= 0.6 is 0 Å². The zero-order valence-corrected chi connectivity index (χ0v) is 12.6. The van der Waals surface area contributed by atoms with Crippen LogP contribution in [0.3, 0.4) is 0 Å². The summed E-state index contributed by atoms with van der Waals surface area (Å²) in [5.74, 6) is 0.339. The Balaban J connectivity index is 2.48. The molecule has 5 nitrogen and oxygen atoms in total. The molecule has 1 aliphatic rings. The van der Waals surface area contributed by atoms with Gasteiger partial charge in [0.15, 0.2) is 5.75 Å². The molecule has 1 atom stereocenters. The van der Waals surface area contributed by atoms with Crippen molar-refractivity contribution < 1.29 is 13.2 Å². The monoisotopic (exact) mass is 284 g/mol. The van der Waals surface area contributed by atoms with E-state index < -0.39 is 10.0 Å². The number of nitrogens with zero attached hydrogens (tertiary/aromatic N) is 2. The highest BCUT2D eigenvalue weighted by molar-refractivity contribution is 7.89. The molecule has 1 aromatic heterocycles. The smallest absolute Gasteiger partial charge is 0.264 e. The molecule has 2 rings (SSSR count). The van der Waals surface area contributed by atoms with Crippen LogP contribution in [0, 0.1) is 5.41 Å². The molecule has 0 aliphatic carbocycles. The summed E-state index contributed by atoms with van der Waals surface area (Å²) in [5, 5.41) is 0.0172. The van der Waals surface area contributed by atoms with E-state index in [-0.39, 0.29) is 16.5 Å². The molecule has 1 unspecified atom stereocenters. The van der Waals surface area contributed by atoms with Gasteiger partial charge in [-0.3, -0.25) is 0 Å². The average Bonchev–Trinajstić information content (AvgIpc) is 2.34. The van der Waals surface area contributed by atoms with Crippen molar-refractivity contribution in [2.75, 3.05) is 13.1 Å². The van der Waals surface area contributed by atoms with Gasteiger partial charge in [0.2, 0.25) is 5.03 Å². The van der Waals surface area contributed by atoms with Crippen LogP contribution < -0.4 is 4.74 Å². The van der Waals surface area contributed by atoms with Crippen molar-refractivity contribution in [1.29, 1.82) is 0 Å². The van der Waals surface area contributed by atoms with E-state index in [1.165, 1.54) is 10.5 Å². The van der Waals surface area contributed by atoms with Gasteiger partial charge in [0.1, 0.15) is 6.10 Å². The first-order valence-corrected chi connectivity index (χ1v) is 7.76. The lowest BCUT2D eigenvalue weighted by atomic mass is 9.97. The predicted molar refractivity (Wildman–Crippen MR) is 72.5 cm³/mol. The molecule has 0 saturated heterocycles. The molecule has 1 aromatic rings. The molecule has 2 heterocycles. The molecule has 106 valence electrons. The van der Waals surface area contributed by atoms with Crippen LogP contribution in [0.25, 0.3) is 0 Å². The van der Waals surface area contributed by atoms with Crippen LogP contribution in [-0.4, -0.2) is 36.9 Å². The summed E-state index contributed by atoms with van der Waals surface area (Å²) in [5.41, 5.74) is -0.119. The predicted octanol–water partition coefficient (Wildman–Crippen LogP) is 1.90. The average molecular weight is 284 g/mol. The fourth-order valence-corrected chi connectivity index (χ4v) is 3.87. The standard InChI is InChI=1S/C13H20N2O3S/c1-10-8-15(9-13(2,3)4)19(16,17)12-11(18-10)6-5-7-14-12/h5-7,10H,8-9H2,1-4H3. The highest BCUT2D eigenvalue weighted by atomic mass is 32.2. The Labute approximate surface area is 114 Å². The molecule has 0 N–H and O–H groups in total. The molecule has 6 heteroatoms. The maximum absolute atomic E-state index is 12.6. The highest BCUT2D eigenvalue weighted by Gasteiger charge is 2.36. The third-order valence-corrected chi connectivity index (χ3v) is 4.51. The van der Waals surface area contributed by atoms with Crippen LogP contribution in [0.4, 0.5) is 0 Å². The molecule has 0 fully saturated rings. The summed E-state index contributed by atoms with van der Waals surface area (Å²) in [6.45, 7) is 8.69. The topological polar surface area (TPSA) is 59.5 Å². The molecule has 0 aromatic carbocycles. The van der Waals surface area contributed by atoms with Crippen LogP contribution in [0.2, 0.25) is 0 Å². The van der Waals surface area contributed by atoms with E-state index in [9.17, 15) is 8.42 Å². The number of fused-ring (bicyclic) bond motifs is 1. The Morgan fingerprint density at radius 3 is 2.79 bits per heavy atom. The summed E-state index contributed by atoms with van der Waals surface area (Å²) in [6.07, 6.45) is 1.29. The van der Waals surface area contributed by atoms with Crippen LogP contribution in [0.1, 0.15) is 27.7 Å². The number of hydrogen-bond donors (Lipinski definition) is 0. The number of ether oxygens (including phenoxy) is 1. The molecule has 1 aliphatic heterocycles. The van der Waals surface area contributed by atoms with Crippen molar-refractivity contribution in [3.05, 3.63) is 18.3 Å². The van der Waals surface area contributed by atoms with Gasteiger partial charge in [-0.15, -0.1) is 0 Å². The van der Waals surface area contributed by atoms with Crippen molar-refractivity contribution in [1.82, 2.24) is 9.29 Å². The third-order valence-electron chi connectivity index (χ3n) is 2.76. The minimum absolute atomic E-state index is 0.0172. The lowest BCUT2D eigenvalue weighted by Gasteiger charge is -2.28. The fraction of sp³-hybridized carbons (Fsp3) is 0.615. The molecule has 19 heavy (non-hydrogen) atoms. The summed E-state index contributed by atoms with van der Waals surface area (Å²) in [6, 6.07) is 3.33. The second-order valence-electron chi connectivity index (χ2n) is 6.09. The fourth-order valence-electron chi connectivity index (χ4n) is 2.10. The van der Waals surface area contributed by atoms with E-state index in [1.807, 2.05) is 27.7 Å². The molecule has 0 radical (unpaired) electrons. The van der Waals surface area contributed by atoms with E-state index in [0.29, 0.717) is 18.8 Å². The maximum Gasteiger partial charge on any atom is 0.264 e. The van der Waals surface area contributed by atoms with Crippen molar-refractivity contribution in [2.24, 2.45) is 5.41 Å². The van der Waals surface area contributed by atoms with Gasteiger partial charge in [-0.1, -0.05) is 20.8 Å². The third kappa shape index (κ3) is 3.06. The van der Waals surface area contributed by atoms with Crippen molar-refractivity contribution >= 4 is 10.0 Å². The number of rotatable bonds is 1. The van der Waals surface area contributed by atoms with E-state index in [1.54, 1.807) is 12.1 Å². The summed E-state index contributed by atoms with van der Waals surface area (Å²) in [7, 11) is -3.59. The lowest BCUT2D eigenvalue weighted by Crippen LogP contribution is -2.41. The molecule has 0 amide bonds. The van der Waals surface area contributed by atoms with Crippen molar-refractivity contribution in [2.45, 2.75) is 38.8 Å². The largest absolute Gasteiger partial charge is 0.486 e. The van der Waals surface area contributed by atoms with Gasteiger partial charge < -0.3 is 4.74 Å². The first-order valence-electron chi connectivity index (χ1n) is 6.32. The van der Waals surface area contributed by atoms with Crippen molar-refractivity contribution in [3.63, 3.8) is 0 Å². The molecule has 0 saturated carbocycles. The maximum atomic E-state index is 12.6. The number of hydrogen-bond acceptors (Lipinski definition) is 4. The summed E-state index contributed by atoms with van der Waals surface area (Å²) in [4.78, 5) is 3.99. The number of aromatic nitrogens is 1. The van der Waals surface area contributed by atoms with Gasteiger partial charge in [0.05, 0.1) is 6.54 Å².